The number of rotatable bonds is 6. The predicted octanol–water partition coefficient (Wildman–Crippen LogP) is 4.65. The van der Waals surface area contributed by atoms with Gasteiger partial charge in [0, 0.05) is 0 Å². The molecule has 0 aliphatic rings. The Morgan fingerprint density at radius 1 is 1.08 bits per heavy atom. The smallest absolute Gasteiger partial charge is 0.261 e. The van der Waals surface area contributed by atoms with Crippen LogP contribution in [0, 0.1) is 20.8 Å². The average Bonchev–Trinajstić information content (AvgIpc) is 2.56. The van der Waals surface area contributed by atoms with Gasteiger partial charge in [0.15, 0.2) is 6.10 Å². The van der Waals surface area contributed by atoms with Gasteiger partial charge in [-0.3, -0.25) is 4.79 Å². The molecule has 1 N–H and O–H groups in total. The zero-order valence-electron chi connectivity index (χ0n) is 15.2. The molecule has 3 heteroatoms. The van der Waals surface area contributed by atoms with Crippen LogP contribution in [0.3, 0.4) is 0 Å². The van der Waals surface area contributed by atoms with E-state index in [1.54, 1.807) is 0 Å². The summed E-state index contributed by atoms with van der Waals surface area (Å²) >= 11 is 0. The first-order chi connectivity index (χ1) is 11.4. The molecule has 0 saturated heterocycles. The Morgan fingerprint density at radius 3 is 2.38 bits per heavy atom. The van der Waals surface area contributed by atoms with Gasteiger partial charge in [0.05, 0.1) is 6.04 Å². The molecule has 0 heterocycles. The zero-order chi connectivity index (χ0) is 17.7. The van der Waals surface area contributed by atoms with Crippen LogP contribution in [-0.4, -0.2) is 12.0 Å². The van der Waals surface area contributed by atoms with Crippen molar-refractivity contribution < 1.29 is 9.53 Å². The van der Waals surface area contributed by atoms with Crippen LogP contribution in [0.4, 0.5) is 0 Å². The molecule has 0 spiro atoms. The lowest BCUT2D eigenvalue weighted by atomic mass is 10.1. The van der Waals surface area contributed by atoms with Gasteiger partial charge in [0.25, 0.3) is 5.91 Å². The van der Waals surface area contributed by atoms with E-state index in [-0.39, 0.29) is 11.9 Å². The fourth-order valence-electron chi connectivity index (χ4n) is 2.57. The third kappa shape index (κ3) is 4.38. The topological polar surface area (TPSA) is 38.3 Å². The third-order valence-corrected chi connectivity index (χ3v) is 4.42. The fraction of sp³-hybridized carbons (Fsp3) is 0.381. The molecule has 1 amide bonds. The number of ether oxygens (including phenoxy) is 1. The second-order valence-electron chi connectivity index (χ2n) is 6.35. The lowest BCUT2D eigenvalue weighted by molar-refractivity contribution is -0.128. The molecular formula is C21H27NO2. The Kier molecular flexibility index (Phi) is 6.02. The summed E-state index contributed by atoms with van der Waals surface area (Å²) in [6, 6.07) is 14.1. The summed E-state index contributed by atoms with van der Waals surface area (Å²) in [6.07, 6.45) is 0.137. The highest BCUT2D eigenvalue weighted by atomic mass is 16.5. The molecular weight excluding hydrogens is 298 g/mol. The van der Waals surface area contributed by atoms with E-state index in [0.29, 0.717) is 6.42 Å². The quantitative estimate of drug-likeness (QED) is 0.840. The molecule has 2 unspecified atom stereocenters. The first-order valence-corrected chi connectivity index (χ1v) is 8.52. The molecule has 0 fully saturated rings. The summed E-state index contributed by atoms with van der Waals surface area (Å²) in [5, 5.41) is 3.06. The third-order valence-electron chi connectivity index (χ3n) is 4.42. The minimum Gasteiger partial charge on any atom is -0.480 e. The Balaban J connectivity index is 2.05. The number of hydrogen-bond donors (Lipinski definition) is 1. The predicted molar refractivity (Wildman–Crippen MR) is 98.4 cm³/mol. The number of hydrogen-bond acceptors (Lipinski definition) is 2. The van der Waals surface area contributed by atoms with E-state index < -0.39 is 6.10 Å². The van der Waals surface area contributed by atoms with E-state index in [1.807, 2.05) is 58.0 Å². The van der Waals surface area contributed by atoms with Crippen LogP contribution in [0.2, 0.25) is 0 Å². The summed E-state index contributed by atoms with van der Waals surface area (Å²) in [5.74, 6) is 0.700. The Morgan fingerprint density at radius 2 is 1.75 bits per heavy atom. The molecule has 3 nitrogen and oxygen atoms in total. The van der Waals surface area contributed by atoms with Crippen molar-refractivity contribution in [2.45, 2.75) is 53.2 Å². The molecule has 2 atom stereocenters. The van der Waals surface area contributed by atoms with Gasteiger partial charge in [-0.05, 0) is 56.9 Å². The second-order valence-corrected chi connectivity index (χ2v) is 6.35. The summed E-state index contributed by atoms with van der Waals surface area (Å²) in [7, 11) is 0. The molecule has 2 rings (SSSR count). The summed E-state index contributed by atoms with van der Waals surface area (Å²) in [4.78, 5) is 12.6. The molecule has 0 bridgehead atoms. The van der Waals surface area contributed by atoms with Crippen molar-refractivity contribution in [3.05, 3.63) is 64.7 Å². The highest BCUT2D eigenvalue weighted by Crippen LogP contribution is 2.23. The van der Waals surface area contributed by atoms with Gasteiger partial charge in [0.2, 0.25) is 0 Å². The van der Waals surface area contributed by atoms with Crippen molar-refractivity contribution in [3.63, 3.8) is 0 Å². The molecule has 0 radical (unpaired) electrons. The lowest BCUT2D eigenvalue weighted by Gasteiger charge is -2.22. The molecule has 128 valence electrons. The molecule has 2 aromatic carbocycles. The molecule has 0 aromatic heterocycles. The second kappa shape index (κ2) is 8.00. The summed E-state index contributed by atoms with van der Waals surface area (Å²) in [5.41, 5.74) is 4.55. The van der Waals surface area contributed by atoms with E-state index >= 15 is 0 Å². The van der Waals surface area contributed by atoms with Gasteiger partial charge >= 0.3 is 0 Å². The highest BCUT2D eigenvalue weighted by molar-refractivity contribution is 5.81. The minimum absolute atomic E-state index is 0.0469. The average molecular weight is 325 g/mol. The molecule has 0 aliphatic heterocycles. The maximum atomic E-state index is 12.6. The van der Waals surface area contributed by atoms with E-state index in [1.165, 1.54) is 5.56 Å². The normalized spacial score (nSPS) is 13.2. The summed E-state index contributed by atoms with van der Waals surface area (Å²) < 4.78 is 5.98. The highest BCUT2D eigenvalue weighted by Gasteiger charge is 2.21. The van der Waals surface area contributed by atoms with Crippen molar-refractivity contribution in [1.29, 1.82) is 0 Å². The maximum absolute atomic E-state index is 12.6. The van der Waals surface area contributed by atoms with E-state index in [0.717, 1.165) is 22.4 Å². The van der Waals surface area contributed by atoms with Crippen LogP contribution in [0.25, 0.3) is 0 Å². The SMILES string of the molecule is CCC(Oc1cccc(C)c1C)C(=O)NC(C)c1ccc(C)cc1. The van der Waals surface area contributed by atoms with Crippen molar-refractivity contribution in [3.8, 4) is 5.75 Å². The number of carbonyl (C=O) groups excluding carboxylic acids is 1. The Hall–Kier alpha value is -2.29. The fourth-order valence-corrected chi connectivity index (χ4v) is 2.57. The number of amides is 1. The van der Waals surface area contributed by atoms with Crippen LogP contribution >= 0.6 is 0 Å². The van der Waals surface area contributed by atoms with Gasteiger partial charge in [-0.15, -0.1) is 0 Å². The molecule has 24 heavy (non-hydrogen) atoms. The zero-order valence-corrected chi connectivity index (χ0v) is 15.2. The van der Waals surface area contributed by atoms with E-state index in [2.05, 4.69) is 24.4 Å². The van der Waals surface area contributed by atoms with Gasteiger partial charge in [0.1, 0.15) is 5.75 Å². The van der Waals surface area contributed by atoms with Crippen LogP contribution in [-0.2, 0) is 4.79 Å². The number of nitrogens with one attached hydrogen (secondary N) is 1. The molecule has 0 saturated carbocycles. The standard InChI is InChI=1S/C21H27NO2/c1-6-19(24-20-9-7-8-15(3)16(20)4)21(23)22-17(5)18-12-10-14(2)11-13-18/h7-13,17,19H,6H2,1-5H3,(H,22,23). The first kappa shape index (κ1) is 18.1. The van der Waals surface area contributed by atoms with Crippen LogP contribution in [0.5, 0.6) is 5.75 Å². The van der Waals surface area contributed by atoms with Gasteiger partial charge in [-0.2, -0.15) is 0 Å². The Labute approximate surface area is 145 Å². The maximum Gasteiger partial charge on any atom is 0.261 e. The van der Waals surface area contributed by atoms with Crippen molar-refractivity contribution in [2.75, 3.05) is 0 Å². The van der Waals surface area contributed by atoms with Crippen LogP contribution in [0.15, 0.2) is 42.5 Å². The number of aryl methyl sites for hydroxylation is 2. The summed E-state index contributed by atoms with van der Waals surface area (Å²) in [6.45, 7) is 10.1. The largest absolute Gasteiger partial charge is 0.480 e. The van der Waals surface area contributed by atoms with Crippen LogP contribution < -0.4 is 10.1 Å². The Bertz CT molecular complexity index is 691. The molecule has 0 aliphatic carbocycles. The lowest BCUT2D eigenvalue weighted by Crippen LogP contribution is -2.39. The van der Waals surface area contributed by atoms with E-state index in [9.17, 15) is 4.79 Å². The first-order valence-electron chi connectivity index (χ1n) is 8.52. The van der Waals surface area contributed by atoms with Crippen LogP contribution in [0.1, 0.15) is 48.6 Å². The van der Waals surface area contributed by atoms with Gasteiger partial charge < -0.3 is 10.1 Å². The van der Waals surface area contributed by atoms with Crippen molar-refractivity contribution in [2.24, 2.45) is 0 Å². The van der Waals surface area contributed by atoms with Crippen molar-refractivity contribution >= 4 is 5.91 Å². The van der Waals surface area contributed by atoms with Gasteiger partial charge in [-0.25, -0.2) is 0 Å². The molecule has 2 aromatic rings. The monoisotopic (exact) mass is 325 g/mol. The van der Waals surface area contributed by atoms with E-state index in [4.69, 9.17) is 4.74 Å². The van der Waals surface area contributed by atoms with Gasteiger partial charge in [-0.1, -0.05) is 48.9 Å². The minimum atomic E-state index is -0.488. The van der Waals surface area contributed by atoms with Crippen molar-refractivity contribution in [1.82, 2.24) is 5.32 Å². The number of carbonyl (C=O) groups is 1. The number of benzene rings is 2.